The summed E-state index contributed by atoms with van der Waals surface area (Å²) < 4.78 is 6.33. The molecule has 1 saturated heterocycles. The molecule has 2 rings (SSSR count). The number of methoxy groups -OCH3 is 1. The fourth-order valence-electron chi connectivity index (χ4n) is 1.92. The molecule has 7 heteroatoms. The second-order valence-corrected chi connectivity index (χ2v) is 4.04. The number of nitrogen functional groups attached to an aromatic ring is 1. The molecular weight excluding hydrogens is 222 g/mol. The van der Waals surface area contributed by atoms with Crippen LogP contribution in [0.2, 0.25) is 0 Å². The molecule has 7 nitrogen and oxygen atoms in total. The lowest BCUT2D eigenvalue weighted by atomic mass is 10.1. The van der Waals surface area contributed by atoms with Gasteiger partial charge in [0.15, 0.2) is 0 Å². The number of carbonyl (C=O) groups excluding carboxylic acids is 1. The molecule has 1 amide bonds. The van der Waals surface area contributed by atoms with Crippen molar-refractivity contribution in [1.29, 1.82) is 0 Å². The van der Waals surface area contributed by atoms with E-state index in [1.54, 1.807) is 16.6 Å². The molecular formula is C10H17N5O2. The number of carbonyl (C=O) groups is 1. The first-order valence-corrected chi connectivity index (χ1v) is 5.47. The number of anilines is 1. The molecule has 1 unspecified atom stereocenters. The predicted molar refractivity (Wildman–Crippen MR) is 62.3 cm³/mol. The van der Waals surface area contributed by atoms with Crippen molar-refractivity contribution >= 4 is 11.9 Å². The molecule has 0 spiro atoms. The molecule has 0 bridgehead atoms. The Bertz CT molecular complexity index is 397. The SMILES string of the molecule is COC(=O)N1CCNC(c2cc(N)n(C)n2)C1. The van der Waals surface area contributed by atoms with Crippen molar-refractivity contribution < 1.29 is 9.53 Å². The molecule has 94 valence electrons. The average molecular weight is 239 g/mol. The molecule has 3 N–H and O–H groups in total. The van der Waals surface area contributed by atoms with Crippen molar-refractivity contribution in [3.05, 3.63) is 11.8 Å². The maximum atomic E-state index is 11.4. The van der Waals surface area contributed by atoms with E-state index >= 15 is 0 Å². The number of hydrogen-bond acceptors (Lipinski definition) is 5. The zero-order valence-electron chi connectivity index (χ0n) is 10.0. The van der Waals surface area contributed by atoms with Crippen molar-refractivity contribution in [2.24, 2.45) is 7.05 Å². The van der Waals surface area contributed by atoms with Gasteiger partial charge in [0, 0.05) is 32.7 Å². The number of ether oxygens (including phenoxy) is 1. The summed E-state index contributed by atoms with van der Waals surface area (Å²) >= 11 is 0. The fourth-order valence-corrected chi connectivity index (χ4v) is 1.92. The number of nitrogens with zero attached hydrogens (tertiary/aromatic N) is 3. The van der Waals surface area contributed by atoms with Crippen LogP contribution >= 0.6 is 0 Å². The lowest BCUT2D eigenvalue weighted by Crippen LogP contribution is -2.48. The molecule has 0 saturated carbocycles. The fraction of sp³-hybridized carbons (Fsp3) is 0.600. The van der Waals surface area contributed by atoms with Crippen LogP contribution < -0.4 is 11.1 Å². The highest BCUT2D eigenvalue weighted by Crippen LogP contribution is 2.18. The standard InChI is InChI=1S/C10H17N5O2/c1-14-9(11)5-7(13-14)8-6-15(4-3-12-8)10(16)17-2/h5,8,12H,3-4,6,11H2,1-2H3. The zero-order valence-corrected chi connectivity index (χ0v) is 10.0. The average Bonchev–Trinajstić information content (AvgIpc) is 2.69. The molecule has 17 heavy (non-hydrogen) atoms. The van der Waals surface area contributed by atoms with Gasteiger partial charge in [-0.2, -0.15) is 5.10 Å². The molecule has 1 atom stereocenters. The lowest BCUT2D eigenvalue weighted by Gasteiger charge is -2.31. The quantitative estimate of drug-likeness (QED) is 0.703. The van der Waals surface area contributed by atoms with Gasteiger partial charge in [-0.1, -0.05) is 0 Å². The van der Waals surface area contributed by atoms with Gasteiger partial charge in [-0.15, -0.1) is 0 Å². The van der Waals surface area contributed by atoms with Crippen LogP contribution in [0, 0.1) is 0 Å². The van der Waals surface area contributed by atoms with E-state index in [1.165, 1.54) is 7.11 Å². The highest BCUT2D eigenvalue weighted by Gasteiger charge is 2.26. The molecule has 2 heterocycles. The number of amides is 1. The Hall–Kier alpha value is -1.76. The number of rotatable bonds is 1. The molecule has 0 radical (unpaired) electrons. The van der Waals surface area contributed by atoms with Crippen LogP contribution in [0.3, 0.4) is 0 Å². The van der Waals surface area contributed by atoms with Crippen LogP contribution in [0.15, 0.2) is 6.07 Å². The van der Waals surface area contributed by atoms with Crippen LogP contribution in [-0.2, 0) is 11.8 Å². The van der Waals surface area contributed by atoms with Crippen molar-refractivity contribution in [1.82, 2.24) is 20.0 Å². The highest BCUT2D eigenvalue weighted by molar-refractivity contribution is 5.67. The first-order chi connectivity index (χ1) is 8.11. The van der Waals surface area contributed by atoms with E-state index in [4.69, 9.17) is 10.5 Å². The van der Waals surface area contributed by atoms with Crippen molar-refractivity contribution in [2.75, 3.05) is 32.5 Å². The Labute approximate surface area is 99.5 Å². The van der Waals surface area contributed by atoms with E-state index < -0.39 is 0 Å². The van der Waals surface area contributed by atoms with Crippen LogP contribution in [-0.4, -0.2) is 47.5 Å². The smallest absolute Gasteiger partial charge is 0.409 e. The van der Waals surface area contributed by atoms with E-state index in [0.717, 1.165) is 12.2 Å². The Balaban J connectivity index is 2.09. The van der Waals surface area contributed by atoms with Crippen LogP contribution in [0.25, 0.3) is 0 Å². The largest absolute Gasteiger partial charge is 0.453 e. The third kappa shape index (κ3) is 2.33. The molecule has 1 fully saturated rings. The van der Waals surface area contributed by atoms with Gasteiger partial charge >= 0.3 is 6.09 Å². The van der Waals surface area contributed by atoms with Crippen molar-refractivity contribution in [3.8, 4) is 0 Å². The third-order valence-electron chi connectivity index (χ3n) is 2.90. The van der Waals surface area contributed by atoms with Gasteiger partial charge in [0.1, 0.15) is 5.82 Å². The second-order valence-electron chi connectivity index (χ2n) is 4.04. The van der Waals surface area contributed by atoms with E-state index in [1.807, 2.05) is 6.07 Å². The molecule has 1 aliphatic heterocycles. The van der Waals surface area contributed by atoms with Gasteiger partial charge in [0.25, 0.3) is 0 Å². The summed E-state index contributed by atoms with van der Waals surface area (Å²) in [4.78, 5) is 13.1. The van der Waals surface area contributed by atoms with Crippen molar-refractivity contribution in [3.63, 3.8) is 0 Å². The summed E-state index contributed by atoms with van der Waals surface area (Å²) in [6, 6.07) is 1.82. The Morgan fingerprint density at radius 2 is 2.47 bits per heavy atom. The summed E-state index contributed by atoms with van der Waals surface area (Å²) in [5.41, 5.74) is 6.58. The zero-order chi connectivity index (χ0) is 12.4. The van der Waals surface area contributed by atoms with E-state index in [-0.39, 0.29) is 12.1 Å². The maximum absolute atomic E-state index is 11.4. The van der Waals surface area contributed by atoms with Gasteiger partial charge in [0.2, 0.25) is 0 Å². The Morgan fingerprint density at radius 3 is 3.06 bits per heavy atom. The van der Waals surface area contributed by atoms with Gasteiger partial charge < -0.3 is 20.7 Å². The monoisotopic (exact) mass is 239 g/mol. The predicted octanol–water partition coefficient (Wildman–Crippen LogP) is -0.285. The number of aromatic nitrogens is 2. The van der Waals surface area contributed by atoms with Crippen molar-refractivity contribution in [2.45, 2.75) is 6.04 Å². The summed E-state index contributed by atoms with van der Waals surface area (Å²) in [5.74, 6) is 0.608. The Kier molecular flexibility index (Phi) is 3.19. The molecule has 0 aliphatic carbocycles. The minimum absolute atomic E-state index is 0.00588. The van der Waals surface area contributed by atoms with E-state index in [0.29, 0.717) is 18.9 Å². The number of nitrogens with one attached hydrogen (secondary N) is 1. The lowest BCUT2D eigenvalue weighted by molar-refractivity contribution is 0.109. The number of aryl methyl sites for hydroxylation is 1. The van der Waals surface area contributed by atoms with Crippen LogP contribution in [0.5, 0.6) is 0 Å². The third-order valence-corrected chi connectivity index (χ3v) is 2.90. The topological polar surface area (TPSA) is 85.4 Å². The minimum Gasteiger partial charge on any atom is -0.453 e. The van der Waals surface area contributed by atoms with Gasteiger partial charge in [-0.25, -0.2) is 4.79 Å². The minimum atomic E-state index is -0.305. The summed E-state index contributed by atoms with van der Waals surface area (Å²) in [7, 11) is 3.18. The van der Waals surface area contributed by atoms with Gasteiger partial charge in [-0.05, 0) is 0 Å². The molecule has 1 aliphatic rings. The highest BCUT2D eigenvalue weighted by atomic mass is 16.5. The molecule has 1 aromatic rings. The number of nitrogens with two attached hydrogens (primary N) is 1. The Morgan fingerprint density at radius 1 is 1.71 bits per heavy atom. The van der Waals surface area contributed by atoms with E-state index in [2.05, 4.69) is 10.4 Å². The van der Waals surface area contributed by atoms with Crippen LogP contribution in [0.4, 0.5) is 10.6 Å². The van der Waals surface area contributed by atoms with Gasteiger partial charge in [0.05, 0.1) is 18.8 Å². The second kappa shape index (κ2) is 4.62. The van der Waals surface area contributed by atoms with Crippen LogP contribution in [0.1, 0.15) is 11.7 Å². The first-order valence-electron chi connectivity index (χ1n) is 5.47. The van der Waals surface area contributed by atoms with Gasteiger partial charge in [-0.3, -0.25) is 4.68 Å². The normalized spacial score (nSPS) is 20.4. The molecule has 0 aromatic carbocycles. The summed E-state index contributed by atoms with van der Waals surface area (Å²) in [6.45, 7) is 1.91. The molecule has 1 aromatic heterocycles. The number of piperazine rings is 1. The van der Waals surface area contributed by atoms with E-state index in [9.17, 15) is 4.79 Å². The summed E-state index contributed by atoms with van der Waals surface area (Å²) in [5, 5.41) is 7.61. The first kappa shape index (κ1) is 11.7. The number of hydrogen-bond donors (Lipinski definition) is 2. The summed E-state index contributed by atoms with van der Waals surface area (Å²) in [6.07, 6.45) is -0.305. The maximum Gasteiger partial charge on any atom is 0.409 e.